The fourth-order valence-electron chi connectivity index (χ4n) is 2.20. The van der Waals surface area contributed by atoms with E-state index in [2.05, 4.69) is 35.8 Å². The van der Waals surface area contributed by atoms with Gasteiger partial charge in [-0.1, -0.05) is 39.3 Å². The number of sulfonamides is 1. The molecule has 0 aliphatic rings. The molecule has 0 unspecified atom stereocenters. The Hall–Kier alpha value is -2.08. The number of hydrogen-bond donors (Lipinski definition) is 2. The van der Waals surface area contributed by atoms with Crippen molar-refractivity contribution in [1.29, 1.82) is 0 Å². The van der Waals surface area contributed by atoms with Gasteiger partial charge in [0.05, 0.1) is 16.8 Å². The molecule has 2 rings (SSSR count). The van der Waals surface area contributed by atoms with E-state index in [0.717, 1.165) is 30.6 Å². The summed E-state index contributed by atoms with van der Waals surface area (Å²) < 4.78 is 27.3. The zero-order valence-electron chi connectivity index (χ0n) is 14.4. The highest BCUT2D eigenvalue weighted by Gasteiger charge is 2.15. The molecule has 5 nitrogen and oxygen atoms in total. The number of aromatic nitrogens is 1. The Morgan fingerprint density at radius 2 is 1.79 bits per heavy atom. The van der Waals surface area contributed by atoms with Crippen LogP contribution in [0.5, 0.6) is 0 Å². The van der Waals surface area contributed by atoms with Crippen molar-refractivity contribution in [3.05, 3.63) is 48.2 Å². The van der Waals surface area contributed by atoms with Crippen molar-refractivity contribution < 1.29 is 8.42 Å². The van der Waals surface area contributed by atoms with Crippen molar-refractivity contribution in [2.24, 2.45) is 0 Å². The van der Waals surface area contributed by atoms with Gasteiger partial charge in [0, 0.05) is 6.54 Å². The molecule has 0 fully saturated rings. The molecular weight excluding hydrogens is 322 g/mol. The molecule has 0 radical (unpaired) electrons. The minimum atomic E-state index is -3.62. The lowest BCUT2D eigenvalue weighted by molar-refractivity contribution is 0.601. The number of rotatable bonds is 8. The molecule has 0 saturated carbocycles. The topological polar surface area (TPSA) is 71.1 Å². The number of nitrogens with one attached hydrogen (secondary N) is 2. The van der Waals surface area contributed by atoms with Crippen LogP contribution in [0.25, 0.3) is 0 Å². The highest BCUT2D eigenvalue weighted by Crippen LogP contribution is 2.19. The second kappa shape index (κ2) is 8.15. The maximum absolute atomic E-state index is 12.4. The van der Waals surface area contributed by atoms with Crippen molar-refractivity contribution in [3.8, 4) is 0 Å². The van der Waals surface area contributed by atoms with E-state index in [9.17, 15) is 8.42 Å². The van der Waals surface area contributed by atoms with Crippen LogP contribution in [0.15, 0.2) is 47.5 Å². The third kappa shape index (κ3) is 4.96. The van der Waals surface area contributed by atoms with Crippen LogP contribution >= 0.6 is 0 Å². The molecule has 0 aliphatic heterocycles. The Morgan fingerprint density at radius 3 is 2.33 bits per heavy atom. The molecule has 6 heteroatoms. The molecule has 130 valence electrons. The van der Waals surface area contributed by atoms with Crippen LogP contribution in [0, 0.1) is 0 Å². The Labute approximate surface area is 144 Å². The number of nitrogens with zero attached hydrogens (tertiary/aromatic N) is 1. The van der Waals surface area contributed by atoms with Gasteiger partial charge in [0.15, 0.2) is 0 Å². The summed E-state index contributed by atoms with van der Waals surface area (Å²) in [5.74, 6) is 0.674. The summed E-state index contributed by atoms with van der Waals surface area (Å²) in [5, 5.41) is 3.24. The second-order valence-corrected chi connectivity index (χ2v) is 7.72. The first kappa shape index (κ1) is 18.3. The maximum atomic E-state index is 12.4. The van der Waals surface area contributed by atoms with Crippen molar-refractivity contribution in [2.75, 3.05) is 16.6 Å². The van der Waals surface area contributed by atoms with E-state index in [0.29, 0.717) is 11.7 Å². The van der Waals surface area contributed by atoms with E-state index in [1.807, 2.05) is 18.2 Å². The van der Waals surface area contributed by atoms with Crippen LogP contribution in [-0.2, 0) is 10.0 Å². The van der Waals surface area contributed by atoms with E-state index in [-0.39, 0.29) is 4.90 Å². The second-order valence-electron chi connectivity index (χ2n) is 6.04. The average molecular weight is 347 g/mol. The van der Waals surface area contributed by atoms with Gasteiger partial charge >= 0.3 is 0 Å². The zero-order valence-corrected chi connectivity index (χ0v) is 15.2. The third-order valence-corrected chi connectivity index (χ3v) is 5.09. The summed E-state index contributed by atoms with van der Waals surface area (Å²) >= 11 is 0. The van der Waals surface area contributed by atoms with Gasteiger partial charge in [0.25, 0.3) is 10.0 Å². The number of unbranched alkanes of at least 4 members (excludes halogenated alkanes) is 1. The van der Waals surface area contributed by atoms with E-state index in [1.165, 1.54) is 0 Å². The van der Waals surface area contributed by atoms with Gasteiger partial charge in [-0.15, -0.1) is 0 Å². The smallest absolute Gasteiger partial charge is 0.263 e. The maximum Gasteiger partial charge on any atom is 0.263 e. The Kier molecular flexibility index (Phi) is 6.20. The summed E-state index contributed by atoms with van der Waals surface area (Å²) in [7, 11) is -3.62. The van der Waals surface area contributed by atoms with Crippen molar-refractivity contribution in [3.63, 3.8) is 0 Å². The molecular formula is C18H25N3O2S. The molecule has 0 saturated heterocycles. The predicted octanol–water partition coefficient (Wildman–Crippen LogP) is 4.22. The summed E-state index contributed by atoms with van der Waals surface area (Å²) in [5.41, 5.74) is 1.99. The summed E-state index contributed by atoms with van der Waals surface area (Å²) in [6, 6.07) is 10.4. The molecule has 0 bridgehead atoms. The lowest BCUT2D eigenvalue weighted by Gasteiger charge is -2.10. The Bertz CT molecular complexity index is 739. The number of hydrogen-bond acceptors (Lipinski definition) is 4. The minimum absolute atomic E-state index is 0.235. The third-order valence-electron chi connectivity index (χ3n) is 3.72. The molecule has 0 atom stereocenters. The fourth-order valence-corrected chi connectivity index (χ4v) is 3.21. The van der Waals surface area contributed by atoms with Crippen LogP contribution in [0.4, 0.5) is 11.5 Å². The first-order chi connectivity index (χ1) is 11.4. The van der Waals surface area contributed by atoms with Gasteiger partial charge in [0.2, 0.25) is 0 Å². The summed E-state index contributed by atoms with van der Waals surface area (Å²) in [6.45, 7) is 7.15. The van der Waals surface area contributed by atoms with E-state index in [4.69, 9.17) is 0 Å². The molecule has 0 spiro atoms. The Morgan fingerprint density at radius 1 is 1.08 bits per heavy atom. The number of benzene rings is 1. The lowest BCUT2D eigenvalue weighted by Crippen LogP contribution is -2.14. The van der Waals surface area contributed by atoms with E-state index in [1.54, 1.807) is 24.4 Å². The molecule has 2 aromatic rings. The molecule has 2 N–H and O–H groups in total. The highest BCUT2D eigenvalue weighted by atomic mass is 32.2. The predicted molar refractivity (Wildman–Crippen MR) is 99.0 cm³/mol. The zero-order chi connectivity index (χ0) is 17.6. The monoisotopic (exact) mass is 347 g/mol. The number of anilines is 2. The van der Waals surface area contributed by atoms with Gasteiger partial charge in [-0.3, -0.25) is 4.72 Å². The number of pyridine rings is 1. The molecule has 0 aliphatic carbocycles. The van der Waals surface area contributed by atoms with Crippen molar-refractivity contribution in [1.82, 2.24) is 4.98 Å². The van der Waals surface area contributed by atoms with E-state index < -0.39 is 10.0 Å². The summed E-state index contributed by atoms with van der Waals surface area (Å²) in [4.78, 5) is 4.40. The average Bonchev–Trinajstić information content (AvgIpc) is 2.56. The first-order valence-corrected chi connectivity index (χ1v) is 9.73. The highest BCUT2D eigenvalue weighted by molar-refractivity contribution is 7.92. The van der Waals surface area contributed by atoms with E-state index >= 15 is 0 Å². The molecule has 1 aromatic carbocycles. The molecule has 1 aromatic heterocycles. The van der Waals surface area contributed by atoms with Crippen LogP contribution in [-0.4, -0.2) is 19.9 Å². The van der Waals surface area contributed by atoms with Gasteiger partial charge < -0.3 is 5.32 Å². The first-order valence-electron chi connectivity index (χ1n) is 8.25. The summed E-state index contributed by atoms with van der Waals surface area (Å²) in [6.07, 6.45) is 3.84. The van der Waals surface area contributed by atoms with Crippen LogP contribution in [0.1, 0.15) is 45.1 Å². The normalized spacial score (nSPS) is 11.5. The minimum Gasteiger partial charge on any atom is -0.384 e. The van der Waals surface area contributed by atoms with Gasteiger partial charge in [-0.25, -0.2) is 13.4 Å². The van der Waals surface area contributed by atoms with Crippen molar-refractivity contribution in [2.45, 2.75) is 44.4 Å². The standard InChI is InChI=1S/C18H25N3O2S/c1-4-5-12-19-16-8-11-18(20-13-16)21-24(22,23)17-9-6-15(7-10-17)14(2)3/h6-11,13-14,19H,4-5,12H2,1-3H3,(H,20,21). The van der Waals surface area contributed by atoms with Crippen LogP contribution in [0.3, 0.4) is 0 Å². The van der Waals surface area contributed by atoms with Gasteiger partial charge in [0.1, 0.15) is 5.82 Å². The quantitative estimate of drug-likeness (QED) is 0.702. The molecule has 0 amide bonds. The van der Waals surface area contributed by atoms with Crippen LogP contribution < -0.4 is 10.0 Å². The van der Waals surface area contributed by atoms with Crippen LogP contribution in [0.2, 0.25) is 0 Å². The SMILES string of the molecule is CCCCNc1ccc(NS(=O)(=O)c2ccc(C(C)C)cc2)nc1. The van der Waals surface area contributed by atoms with Gasteiger partial charge in [-0.2, -0.15) is 0 Å². The lowest BCUT2D eigenvalue weighted by atomic mass is 10.0. The molecule has 24 heavy (non-hydrogen) atoms. The largest absolute Gasteiger partial charge is 0.384 e. The fraction of sp³-hybridized carbons (Fsp3) is 0.389. The Balaban J connectivity index is 2.05. The molecule has 1 heterocycles. The van der Waals surface area contributed by atoms with Gasteiger partial charge in [-0.05, 0) is 42.2 Å². The van der Waals surface area contributed by atoms with Crippen molar-refractivity contribution >= 4 is 21.5 Å².